The number of halogens is 3. The lowest BCUT2D eigenvalue weighted by molar-refractivity contribution is 0.507. The summed E-state index contributed by atoms with van der Waals surface area (Å²) >= 11 is 0. The van der Waals surface area contributed by atoms with Crippen molar-refractivity contribution in [3.05, 3.63) is 71.0 Å². The Kier molecular flexibility index (Phi) is 5.39. The lowest BCUT2D eigenvalue weighted by Gasteiger charge is -2.19. The van der Waals surface area contributed by atoms with Gasteiger partial charge in [0.25, 0.3) is 0 Å². The first kappa shape index (κ1) is 15.6. The summed E-state index contributed by atoms with van der Waals surface area (Å²) in [6, 6.07) is 9.34. The summed E-state index contributed by atoms with van der Waals surface area (Å²) in [6.45, 7) is 2.77. The Morgan fingerprint density at radius 1 is 0.952 bits per heavy atom. The molecule has 0 amide bonds. The molecular formula is C17H18F3N. The Morgan fingerprint density at radius 2 is 1.62 bits per heavy atom. The number of hydrogen-bond acceptors (Lipinski definition) is 1. The first-order chi connectivity index (χ1) is 10.1. The highest BCUT2D eigenvalue weighted by molar-refractivity contribution is 5.25. The van der Waals surface area contributed by atoms with Crippen LogP contribution in [-0.2, 0) is 6.42 Å². The molecule has 0 aliphatic rings. The summed E-state index contributed by atoms with van der Waals surface area (Å²) in [5.41, 5.74) is 1.17. The van der Waals surface area contributed by atoms with Crippen molar-refractivity contribution in [2.45, 2.75) is 25.8 Å². The Hall–Kier alpha value is -1.81. The molecule has 112 valence electrons. The molecule has 1 N–H and O–H groups in total. The van der Waals surface area contributed by atoms with Crippen molar-refractivity contribution in [1.82, 2.24) is 5.32 Å². The van der Waals surface area contributed by atoms with Crippen molar-refractivity contribution in [1.29, 1.82) is 0 Å². The zero-order valence-corrected chi connectivity index (χ0v) is 11.9. The molecule has 1 unspecified atom stereocenters. The molecule has 2 rings (SSSR count). The molecule has 0 saturated carbocycles. The SMILES string of the molecule is CCCNC(Cc1cc(F)ccc1F)c1ccc(F)cc1. The van der Waals surface area contributed by atoms with Gasteiger partial charge in [0.2, 0.25) is 0 Å². The van der Waals surface area contributed by atoms with Crippen LogP contribution < -0.4 is 5.32 Å². The molecule has 0 aliphatic heterocycles. The maximum absolute atomic E-state index is 13.8. The second-order valence-corrected chi connectivity index (χ2v) is 5.00. The van der Waals surface area contributed by atoms with E-state index in [2.05, 4.69) is 5.32 Å². The molecule has 0 heterocycles. The lowest BCUT2D eigenvalue weighted by Crippen LogP contribution is -2.24. The van der Waals surface area contributed by atoms with Crippen LogP contribution in [0.3, 0.4) is 0 Å². The van der Waals surface area contributed by atoms with Gasteiger partial charge in [0.15, 0.2) is 0 Å². The van der Waals surface area contributed by atoms with E-state index in [9.17, 15) is 13.2 Å². The molecule has 0 spiro atoms. The summed E-state index contributed by atoms with van der Waals surface area (Å²) in [4.78, 5) is 0. The van der Waals surface area contributed by atoms with E-state index in [1.807, 2.05) is 6.92 Å². The molecule has 1 atom stereocenters. The van der Waals surface area contributed by atoms with E-state index in [4.69, 9.17) is 0 Å². The zero-order valence-electron chi connectivity index (χ0n) is 11.9. The number of hydrogen-bond donors (Lipinski definition) is 1. The van der Waals surface area contributed by atoms with Crippen molar-refractivity contribution in [3.8, 4) is 0 Å². The van der Waals surface area contributed by atoms with Gasteiger partial charge < -0.3 is 5.32 Å². The fourth-order valence-electron chi connectivity index (χ4n) is 2.24. The van der Waals surface area contributed by atoms with E-state index < -0.39 is 11.6 Å². The van der Waals surface area contributed by atoms with Crippen LogP contribution in [0.5, 0.6) is 0 Å². The Balaban J connectivity index is 2.23. The van der Waals surface area contributed by atoms with Gasteiger partial charge in [-0.3, -0.25) is 0 Å². The van der Waals surface area contributed by atoms with E-state index >= 15 is 0 Å². The van der Waals surface area contributed by atoms with Crippen molar-refractivity contribution < 1.29 is 13.2 Å². The topological polar surface area (TPSA) is 12.0 Å². The lowest BCUT2D eigenvalue weighted by atomic mass is 9.98. The van der Waals surface area contributed by atoms with E-state index in [1.54, 1.807) is 12.1 Å². The first-order valence-electron chi connectivity index (χ1n) is 7.03. The highest BCUT2D eigenvalue weighted by Crippen LogP contribution is 2.21. The van der Waals surface area contributed by atoms with Gasteiger partial charge >= 0.3 is 0 Å². The van der Waals surface area contributed by atoms with Gasteiger partial charge in [0.1, 0.15) is 17.5 Å². The van der Waals surface area contributed by atoms with E-state index in [1.165, 1.54) is 18.2 Å². The minimum absolute atomic E-state index is 0.179. The number of nitrogens with one attached hydrogen (secondary N) is 1. The second kappa shape index (κ2) is 7.27. The largest absolute Gasteiger partial charge is 0.310 e. The minimum Gasteiger partial charge on any atom is -0.310 e. The molecule has 0 aromatic heterocycles. The average Bonchev–Trinajstić information content (AvgIpc) is 2.48. The molecule has 0 aliphatic carbocycles. The van der Waals surface area contributed by atoms with Crippen LogP contribution in [0.15, 0.2) is 42.5 Å². The van der Waals surface area contributed by atoms with Crippen LogP contribution in [0.2, 0.25) is 0 Å². The maximum atomic E-state index is 13.8. The van der Waals surface area contributed by atoms with Gasteiger partial charge in [-0.05, 0) is 60.8 Å². The van der Waals surface area contributed by atoms with Crippen LogP contribution in [0, 0.1) is 17.5 Å². The summed E-state index contributed by atoms with van der Waals surface area (Å²) in [5.74, 6) is -1.20. The highest BCUT2D eigenvalue weighted by Gasteiger charge is 2.14. The van der Waals surface area contributed by atoms with Crippen LogP contribution in [-0.4, -0.2) is 6.54 Å². The van der Waals surface area contributed by atoms with Gasteiger partial charge in [-0.25, -0.2) is 13.2 Å². The Labute approximate surface area is 122 Å². The van der Waals surface area contributed by atoms with E-state index in [-0.39, 0.29) is 11.9 Å². The van der Waals surface area contributed by atoms with Crippen molar-refractivity contribution in [3.63, 3.8) is 0 Å². The molecule has 0 saturated heterocycles. The Morgan fingerprint density at radius 3 is 2.29 bits per heavy atom. The van der Waals surface area contributed by atoms with Crippen molar-refractivity contribution in [2.75, 3.05) is 6.54 Å². The molecule has 0 bridgehead atoms. The smallest absolute Gasteiger partial charge is 0.126 e. The molecule has 4 heteroatoms. The molecule has 0 radical (unpaired) electrons. The second-order valence-electron chi connectivity index (χ2n) is 5.00. The summed E-state index contributed by atoms with van der Waals surface area (Å²) < 4.78 is 40.1. The summed E-state index contributed by atoms with van der Waals surface area (Å²) in [7, 11) is 0. The normalized spacial score (nSPS) is 12.4. The predicted octanol–water partition coefficient (Wildman–Crippen LogP) is 4.39. The van der Waals surface area contributed by atoms with Gasteiger partial charge in [0, 0.05) is 6.04 Å². The van der Waals surface area contributed by atoms with Crippen molar-refractivity contribution in [2.24, 2.45) is 0 Å². The van der Waals surface area contributed by atoms with Gasteiger partial charge in [-0.2, -0.15) is 0 Å². The monoisotopic (exact) mass is 293 g/mol. The molecule has 2 aromatic rings. The van der Waals surface area contributed by atoms with E-state index in [0.29, 0.717) is 12.0 Å². The van der Waals surface area contributed by atoms with Gasteiger partial charge in [-0.1, -0.05) is 19.1 Å². The third-order valence-electron chi connectivity index (χ3n) is 3.34. The standard InChI is InChI=1S/C17H18F3N/c1-2-9-21-17(12-3-5-14(18)6-4-12)11-13-10-15(19)7-8-16(13)20/h3-8,10,17,21H,2,9,11H2,1H3. The molecular weight excluding hydrogens is 275 g/mol. The fourth-order valence-corrected chi connectivity index (χ4v) is 2.24. The van der Waals surface area contributed by atoms with Crippen LogP contribution in [0.25, 0.3) is 0 Å². The van der Waals surface area contributed by atoms with Crippen LogP contribution in [0.4, 0.5) is 13.2 Å². The quantitative estimate of drug-likeness (QED) is 0.833. The third kappa shape index (κ3) is 4.33. The fraction of sp³-hybridized carbons (Fsp3) is 0.294. The molecule has 2 aromatic carbocycles. The average molecular weight is 293 g/mol. The zero-order chi connectivity index (χ0) is 15.2. The van der Waals surface area contributed by atoms with Crippen molar-refractivity contribution >= 4 is 0 Å². The number of rotatable bonds is 6. The Bertz CT molecular complexity index is 581. The van der Waals surface area contributed by atoms with Crippen LogP contribution >= 0.6 is 0 Å². The van der Waals surface area contributed by atoms with Gasteiger partial charge in [0.05, 0.1) is 0 Å². The first-order valence-corrected chi connectivity index (χ1v) is 7.03. The summed E-state index contributed by atoms with van der Waals surface area (Å²) in [6.07, 6.45) is 1.23. The highest BCUT2D eigenvalue weighted by atomic mass is 19.1. The number of benzene rings is 2. The van der Waals surface area contributed by atoms with E-state index in [0.717, 1.165) is 30.7 Å². The minimum atomic E-state index is -0.459. The maximum Gasteiger partial charge on any atom is 0.126 e. The van der Waals surface area contributed by atoms with Gasteiger partial charge in [-0.15, -0.1) is 0 Å². The van der Waals surface area contributed by atoms with Crippen LogP contribution in [0.1, 0.15) is 30.5 Å². The summed E-state index contributed by atoms with van der Waals surface area (Å²) in [5, 5.41) is 3.29. The third-order valence-corrected chi connectivity index (χ3v) is 3.34. The molecule has 0 fully saturated rings. The molecule has 1 nitrogen and oxygen atoms in total. The predicted molar refractivity (Wildman–Crippen MR) is 77.5 cm³/mol. The molecule has 21 heavy (non-hydrogen) atoms.